The molecule has 0 fully saturated rings. The number of hydrogen-bond donors (Lipinski definition) is 1. The summed E-state index contributed by atoms with van der Waals surface area (Å²) in [6.07, 6.45) is 4.33. The molecular weight excluding hydrogens is 260 g/mol. The van der Waals surface area contributed by atoms with Gasteiger partial charge in [-0.3, -0.25) is 0 Å². The zero-order chi connectivity index (χ0) is 15.0. The second-order valence-corrected chi connectivity index (χ2v) is 5.32. The van der Waals surface area contributed by atoms with Gasteiger partial charge in [-0.05, 0) is 50.8 Å². The van der Waals surface area contributed by atoms with Gasteiger partial charge in [-0.2, -0.15) is 8.78 Å². The molecule has 1 aromatic carbocycles. The Hall–Kier alpha value is -1.16. The van der Waals surface area contributed by atoms with Gasteiger partial charge in [0.05, 0.1) is 0 Å². The predicted molar refractivity (Wildman–Crippen MR) is 78.4 cm³/mol. The average Bonchev–Trinajstić information content (AvgIpc) is 2.37. The Labute approximate surface area is 120 Å². The summed E-state index contributed by atoms with van der Waals surface area (Å²) in [5.41, 5.74) is 1.14. The van der Waals surface area contributed by atoms with Crippen molar-refractivity contribution < 1.29 is 13.5 Å². The highest BCUT2D eigenvalue weighted by molar-refractivity contribution is 5.27. The zero-order valence-electron chi connectivity index (χ0n) is 12.5. The summed E-state index contributed by atoms with van der Waals surface area (Å²) in [6.45, 7) is 3.81. The van der Waals surface area contributed by atoms with Crippen molar-refractivity contribution in [2.45, 2.75) is 65.1 Å². The number of ether oxygens (including phenoxy) is 1. The van der Waals surface area contributed by atoms with Gasteiger partial charge in [0.2, 0.25) is 0 Å². The maximum absolute atomic E-state index is 12.0. The first-order chi connectivity index (χ1) is 9.51. The second kappa shape index (κ2) is 8.90. The molecule has 0 heterocycles. The standard InChI is InChI=1S/C16H25F2NO/c1-4-5-12(2)19-13(3)6-7-14-8-10-15(11-9-14)20-16(17)18/h8-13,16,19H,4-7H2,1-3H3. The Morgan fingerprint density at radius 3 is 2.20 bits per heavy atom. The Balaban J connectivity index is 2.34. The fourth-order valence-corrected chi connectivity index (χ4v) is 2.31. The Morgan fingerprint density at radius 2 is 1.65 bits per heavy atom. The predicted octanol–water partition coefficient (Wildman–Crippen LogP) is 4.39. The quantitative estimate of drug-likeness (QED) is 0.726. The van der Waals surface area contributed by atoms with Gasteiger partial charge in [-0.1, -0.05) is 25.5 Å². The van der Waals surface area contributed by atoms with Gasteiger partial charge >= 0.3 is 6.61 Å². The SMILES string of the molecule is CCCC(C)NC(C)CCc1ccc(OC(F)F)cc1. The maximum Gasteiger partial charge on any atom is 0.387 e. The summed E-state index contributed by atoms with van der Waals surface area (Å²) >= 11 is 0. The van der Waals surface area contributed by atoms with Gasteiger partial charge in [0.15, 0.2) is 0 Å². The van der Waals surface area contributed by atoms with Crippen LogP contribution < -0.4 is 10.1 Å². The average molecular weight is 285 g/mol. The van der Waals surface area contributed by atoms with Crippen LogP contribution in [-0.4, -0.2) is 18.7 Å². The van der Waals surface area contributed by atoms with E-state index < -0.39 is 6.61 Å². The fourth-order valence-electron chi connectivity index (χ4n) is 2.31. The van der Waals surface area contributed by atoms with Crippen molar-refractivity contribution in [2.24, 2.45) is 0 Å². The Bertz CT molecular complexity index is 367. The molecule has 0 aromatic heterocycles. The maximum atomic E-state index is 12.0. The van der Waals surface area contributed by atoms with Crippen LogP contribution in [0.1, 0.15) is 45.6 Å². The molecule has 1 N–H and O–H groups in total. The molecule has 2 unspecified atom stereocenters. The topological polar surface area (TPSA) is 21.3 Å². The van der Waals surface area contributed by atoms with Crippen LogP contribution in [0.5, 0.6) is 5.75 Å². The number of benzene rings is 1. The van der Waals surface area contributed by atoms with Crippen LogP contribution in [0.15, 0.2) is 24.3 Å². The lowest BCUT2D eigenvalue weighted by Crippen LogP contribution is -2.34. The molecule has 1 aromatic rings. The third-order valence-electron chi connectivity index (χ3n) is 3.31. The number of nitrogens with one attached hydrogen (secondary N) is 1. The smallest absolute Gasteiger partial charge is 0.387 e. The van der Waals surface area contributed by atoms with E-state index in [0.717, 1.165) is 18.4 Å². The molecule has 0 aliphatic carbocycles. The van der Waals surface area contributed by atoms with Gasteiger partial charge in [0.25, 0.3) is 0 Å². The minimum absolute atomic E-state index is 0.214. The summed E-state index contributed by atoms with van der Waals surface area (Å²) < 4.78 is 28.4. The van der Waals surface area contributed by atoms with E-state index in [1.165, 1.54) is 12.8 Å². The molecule has 0 aliphatic heterocycles. The number of aryl methyl sites for hydroxylation is 1. The van der Waals surface area contributed by atoms with E-state index in [1.807, 2.05) is 12.1 Å². The lowest BCUT2D eigenvalue weighted by atomic mass is 10.0. The fraction of sp³-hybridized carbons (Fsp3) is 0.625. The van der Waals surface area contributed by atoms with Gasteiger partial charge in [-0.25, -0.2) is 0 Å². The minimum atomic E-state index is -2.76. The largest absolute Gasteiger partial charge is 0.435 e. The number of rotatable bonds is 9. The first-order valence-electron chi connectivity index (χ1n) is 7.31. The number of halogens is 2. The van der Waals surface area contributed by atoms with E-state index in [4.69, 9.17) is 0 Å². The van der Waals surface area contributed by atoms with Crippen molar-refractivity contribution in [3.63, 3.8) is 0 Å². The minimum Gasteiger partial charge on any atom is -0.435 e. The lowest BCUT2D eigenvalue weighted by Gasteiger charge is -2.19. The van der Waals surface area contributed by atoms with Crippen LogP contribution in [0.25, 0.3) is 0 Å². The highest BCUT2D eigenvalue weighted by Crippen LogP contribution is 2.16. The van der Waals surface area contributed by atoms with Crippen LogP contribution in [-0.2, 0) is 6.42 Å². The molecule has 20 heavy (non-hydrogen) atoms. The van der Waals surface area contributed by atoms with E-state index >= 15 is 0 Å². The van der Waals surface area contributed by atoms with E-state index in [2.05, 4.69) is 30.8 Å². The van der Waals surface area contributed by atoms with E-state index in [0.29, 0.717) is 12.1 Å². The third-order valence-corrected chi connectivity index (χ3v) is 3.31. The molecule has 1 rings (SSSR count). The molecule has 2 atom stereocenters. The first-order valence-corrected chi connectivity index (χ1v) is 7.31. The van der Waals surface area contributed by atoms with Crippen molar-refractivity contribution in [3.05, 3.63) is 29.8 Å². The molecule has 2 nitrogen and oxygen atoms in total. The molecule has 0 amide bonds. The van der Waals surface area contributed by atoms with Crippen molar-refractivity contribution >= 4 is 0 Å². The highest BCUT2D eigenvalue weighted by Gasteiger charge is 2.07. The van der Waals surface area contributed by atoms with Crippen molar-refractivity contribution in [2.75, 3.05) is 0 Å². The Kier molecular flexibility index (Phi) is 7.52. The van der Waals surface area contributed by atoms with Crippen molar-refractivity contribution in [1.29, 1.82) is 0 Å². The molecule has 0 spiro atoms. The molecule has 0 saturated carbocycles. The summed E-state index contributed by atoms with van der Waals surface area (Å²) in [5, 5.41) is 3.56. The summed E-state index contributed by atoms with van der Waals surface area (Å²) in [5.74, 6) is 0.214. The van der Waals surface area contributed by atoms with Crippen LogP contribution >= 0.6 is 0 Å². The lowest BCUT2D eigenvalue weighted by molar-refractivity contribution is -0.0498. The normalized spacial score (nSPS) is 14.3. The van der Waals surface area contributed by atoms with E-state index in [-0.39, 0.29) is 5.75 Å². The van der Waals surface area contributed by atoms with E-state index in [9.17, 15) is 8.78 Å². The molecule has 0 aliphatic rings. The molecule has 114 valence electrons. The highest BCUT2D eigenvalue weighted by atomic mass is 19.3. The Morgan fingerprint density at radius 1 is 1.05 bits per heavy atom. The van der Waals surface area contributed by atoms with Crippen molar-refractivity contribution in [3.8, 4) is 5.75 Å². The van der Waals surface area contributed by atoms with Gasteiger partial charge in [0, 0.05) is 12.1 Å². The van der Waals surface area contributed by atoms with Crippen molar-refractivity contribution in [1.82, 2.24) is 5.32 Å². The molecule has 0 radical (unpaired) electrons. The zero-order valence-corrected chi connectivity index (χ0v) is 12.5. The summed E-state index contributed by atoms with van der Waals surface area (Å²) in [4.78, 5) is 0. The number of hydrogen-bond acceptors (Lipinski definition) is 2. The van der Waals surface area contributed by atoms with Gasteiger partial charge < -0.3 is 10.1 Å². The van der Waals surface area contributed by atoms with Crippen LogP contribution in [0.4, 0.5) is 8.78 Å². The monoisotopic (exact) mass is 285 g/mol. The second-order valence-electron chi connectivity index (χ2n) is 5.32. The van der Waals surface area contributed by atoms with Crippen LogP contribution in [0, 0.1) is 0 Å². The molecule has 4 heteroatoms. The first kappa shape index (κ1) is 16.9. The van der Waals surface area contributed by atoms with Crippen LogP contribution in [0.3, 0.4) is 0 Å². The summed E-state index contributed by atoms with van der Waals surface area (Å²) in [7, 11) is 0. The third kappa shape index (κ3) is 6.85. The molecular formula is C16H25F2NO. The summed E-state index contributed by atoms with van der Waals surface area (Å²) in [6, 6.07) is 7.88. The van der Waals surface area contributed by atoms with Gasteiger partial charge in [-0.15, -0.1) is 0 Å². The number of alkyl halides is 2. The van der Waals surface area contributed by atoms with E-state index in [1.54, 1.807) is 12.1 Å². The van der Waals surface area contributed by atoms with Gasteiger partial charge in [0.1, 0.15) is 5.75 Å². The molecule has 0 saturated heterocycles. The molecule has 0 bridgehead atoms. The van der Waals surface area contributed by atoms with Crippen LogP contribution in [0.2, 0.25) is 0 Å².